The lowest BCUT2D eigenvalue weighted by molar-refractivity contribution is -0.684. The zero-order chi connectivity index (χ0) is 19.2. The van der Waals surface area contributed by atoms with Gasteiger partial charge in [-0.15, -0.1) is 0 Å². The lowest BCUT2D eigenvalue weighted by Crippen LogP contribution is -2.40. The molecule has 0 saturated carbocycles. The van der Waals surface area contributed by atoms with Gasteiger partial charge in [0.15, 0.2) is 12.4 Å². The number of anilines is 2. The largest absolute Gasteiger partial charge is 0.322 e. The highest BCUT2D eigenvalue weighted by Gasteiger charge is 2.14. The summed E-state index contributed by atoms with van der Waals surface area (Å²) < 4.78 is 1.67. The van der Waals surface area contributed by atoms with E-state index in [4.69, 9.17) is 11.6 Å². The molecule has 1 heterocycles. The fraction of sp³-hybridized carbons (Fsp3) is 0.0952. The topological polar surface area (TPSA) is 62.1 Å². The van der Waals surface area contributed by atoms with Gasteiger partial charge in [-0.1, -0.05) is 29.3 Å². The second kappa shape index (κ2) is 8.47. The molecule has 0 aliphatic carbocycles. The summed E-state index contributed by atoms with van der Waals surface area (Å²) in [4.78, 5) is 24.6. The van der Waals surface area contributed by atoms with E-state index in [1.165, 1.54) is 0 Å². The second-order valence-corrected chi connectivity index (χ2v) is 6.58. The van der Waals surface area contributed by atoms with Crippen molar-refractivity contribution in [1.29, 1.82) is 0 Å². The number of pyridine rings is 1. The average Bonchev–Trinajstić information content (AvgIpc) is 2.65. The van der Waals surface area contributed by atoms with E-state index in [0.29, 0.717) is 16.3 Å². The van der Waals surface area contributed by atoms with Gasteiger partial charge in [-0.05, 0) is 49.4 Å². The normalized spacial score (nSPS) is 10.3. The van der Waals surface area contributed by atoms with E-state index in [1.54, 1.807) is 53.4 Å². The number of hydrogen-bond acceptors (Lipinski definition) is 2. The maximum atomic E-state index is 12.4. The number of hydrogen-bond donors (Lipinski definition) is 2. The van der Waals surface area contributed by atoms with E-state index < -0.39 is 0 Å². The lowest BCUT2D eigenvalue weighted by atomic mass is 10.2. The van der Waals surface area contributed by atoms with Crippen molar-refractivity contribution < 1.29 is 14.2 Å². The van der Waals surface area contributed by atoms with Gasteiger partial charge >= 0.3 is 0 Å². The quantitative estimate of drug-likeness (QED) is 0.661. The third-order valence-electron chi connectivity index (χ3n) is 3.88. The minimum atomic E-state index is -0.259. The van der Waals surface area contributed by atoms with Gasteiger partial charge < -0.3 is 10.6 Å². The molecule has 0 unspecified atom stereocenters. The number of nitrogens with zero attached hydrogens (tertiary/aromatic N) is 1. The molecule has 6 heteroatoms. The highest BCUT2D eigenvalue weighted by molar-refractivity contribution is 6.30. The molecule has 2 amide bonds. The number of amides is 2. The molecule has 3 rings (SSSR count). The molecule has 0 bridgehead atoms. The number of nitrogens with one attached hydrogen (secondary N) is 2. The summed E-state index contributed by atoms with van der Waals surface area (Å²) in [5.74, 6) is -0.426. The number of carbonyl (C=O) groups is 2. The molecule has 1 aromatic heterocycles. The Hall–Kier alpha value is -3.18. The number of aromatic nitrogens is 1. The predicted molar refractivity (Wildman–Crippen MR) is 106 cm³/mol. The van der Waals surface area contributed by atoms with Crippen LogP contribution in [0.2, 0.25) is 5.02 Å². The van der Waals surface area contributed by atoms with Gasteiger partial charge in [0.05, 0.1) is 0 Å². The Morgan fingerprint density at radius 2 is 1.56 bits per heavy atom. The van der Waals surface area contributed by atoms with Gasteiger partial charge in [0.2, 0.25) is 6.54 Å². The molecule has 5 nitrogen and oxygen atoms in total. The van der Waals surface area contributed by atoms with Crippen LogP contribution in [0.5, 0.6) is 0 Å². The van der Waals surface area contributed by atoms with Gasteiger partial charge in [-0.2, -0.15) is 4.57 Å². The molecule has 2 aromatic carbocycles. The molecule has 2 N–H and O–H groups in total. The van der Waals surface area contributed by atoms with Crippen LogP contribution in [-0.4, -0.2) is 11.8 Å². The van der Waals surface area contributed by atoms with Gasteiger partial charge in [0.25, 0.3) is 11.8 Å². The molecule has 0 spiro atoms. The van der Waals surface area contributed by atoms with Crippen LogP contribution in [0.1, 0.15) is 15.9 Å². The fourth-order valence-electron chi connectivity index (χ4n) is 2.49. The third kappa shape index (κ3) is 5.39. The number of halogens is 1. The van der Waals surface area contributed by atoms with Crippen LogP contribution < -0.4 is 15.2 Å². The standard InChI is InChI=1S/C21H18ClN3O2/c1-15-4-8-18(9-5-15)23-20(26)14-25-12-2-3-16(13-25)21(27)24-19-10-6-17(22)7-11-19/h2-13H,14H2,1H3,(H-,23,24,26,27)/p+1. The number of aryl methyl sites for hydroxylation is 1. The summed E-state index contributed by atoms with van der Waals surface area (Å²) in [7, 11) is 0. The Morgan fingerprint density at radius 1 is 0.926 bits per heavy atom. The van der Waals surface area contributed by atoms with E-state index in [1.807, 2.05) is 31.2 Å². The van der Waals surface area contributed by atoms with Crippen molar-refractivity contribution in [2.24, 2.45) is 0 Å². The van der Waals surface area contributed by atoms with Crippen LogP contribution in [0.25, 0.3) is 0 Å². The van der Waals surface area contributed by atoms with Crippen molar-refractivity contribution in [2.45, 2.75) is 13.5 Å². The van der Waals surface area contributed by atoms with Crippen LogP contribution in [0.15, 0.2) is 73.1 Å². The van der Waals surface area contributed by atoms with Crippen molar-refractivity contribution in [1.82, 2.24) is 0 Å². The van der Waals surface area contributed by atoms with Crippen LogP contribution in [0.3, 0.4) is 0 Å². The third-order valence-corrected chi connectivity index (χ3v) is 4.14. The molecule has 0 radical (unpaired) electrons. The highest BCUT2D eigenvalue weighted by atomic mass is 35.5. The summed E-state index contributed by atoms with van der Waals surface area (Å²) in [6, 6.07) is 17.9. The van der Waals surface area contributed by atoms with Gasteiger partial charge in [0.1, 0.15) is 5.56 Å². The van der Waals surface area contributed by atoms with Crippen molar-refractivity contribution >= 4 is 34.8 Å². The Balaban J connectivity index is 1.63. The molecule has 0 atom stereocenters. The first-order valence-corrected chi connectivity index (χ1v) is 8.80. The molecule has 27 heavy (non-hydrogen) atoms. The highest BCUT2D eigenvalue weighted by Crippen LogP contribution is 2.14. The van der Waals surface area contributed by atoms with Gasteiger partial charge in [-0.25, -0.2) is 0 Å². The summed E-state index contributed by atoms with van der Waals surface area (Å²) in [6.45, 7) is 2.10. The van der Waals surface area contributed by atoms with Crippen molar-refractivity contribution in [3.8, 4) is 0 Å². The monoisotopic (exact) mass is 380 g/mol. The Labute approximate surface area is 162 Å². The van der Waals surface area contributed by atoms with E-state index >= 15 is 0 Å². The zero-order valence-electron chi connectivity index (χ0n) is 14.8. The van der Waals surface area contributed by atoms with Crippen LogP contribution >= 0.6 is 11.6 Å². The lowest BCUT2D eigenvalue weighted by Gasteiger charge is -2.06. The first-order chi connectivity index (χ1) is 13.0. The predicted octanol–water partition coefficient (Wildman–Crippen LogP) is 3.83. The van der Waals surface area contributed by atoms with Gasteiger partial charge in [-0.3, -0.25) is 9.59 Å². The summed E-state index contributed by atoms with van der Waals surface area (Å²) >= 11 is 5.85. The summed E-state index contributed by atoms with van der Waals surface area (Å²) in [5.41, 5.74) is 2.97. The summed E-state index contributed by atoms with van der Waals surface area (Å²) in [5, 5.41) is 6.24. The van der Waals surface area contributed by atoms with E-state index in [9.17, 15) is 9.59 Å². The average molecular weight is 381 g/mol. The summed E-state index contributed by atoms with van der Waals surface area (Å²) in [6.07, 6.45) is 3.38. The number of carbonyl (C=O) groups excluding carboxylic acids is 2. The zero-order valence-corrected chi connectivity index (χ0v) is 15.5. The maximum absolute atomic E-state index is 12.4. The van der Waals surface area contributed by atoms with Crippen LogP contribution in [0.4, 0.5) is 11.4 Å². The number of rotatable bonds is 5. The molecule has 3 aromatic rings. The number of benzene rings is 2. The molecular formula is C21H19ClN3O2+. The minimum absolute atomic E-state index is 0.107. The smallest absolute Gasteiger partial charge is 0.290 e. The first-order valence-electron chi connectivity index (χ1n) is 8.42. The van der Waals surface area contributed by atoms with Crippen molar-refractivity contribution in [3.05, 3.63) is 89.2 Å². The minimum Gasteiger partial charge on any atom is -0.322 e. The van der Waals surface area contributed by atoms with E-state index in [0.717, 1.165) is 11.3 Å². The Kier molecular flexibility index (Phi) is 5.84. The molecule has 0 fully saturated rings. The van der Waals surface area contributed by atoms with Crippen molar-refractivity contribution in [3.63, 3.8) is 0 Å². The van der Waals surface area contributed by atoms with Gasteiger partial charge in [0, 0.05) is 22.5 Å². The molecule has 136 valence electrons. The SMILES string of the molecule is Cc1ccc(NC(=O)C[n+]2cccc(C(=O)Nc3ccc(Cl)cc3)c2)cc1. The second-order valence-electron chi connectivity index (χ2n) is 6.14. The van der Waals surface area contributed by atoms with E-state index in [-0.39, 0.29) is 18.4 Å². The van der Waals surface area contributed by atoms with Crippen molar-refractivity contribution in [2.75, 3.05) is 10.6 Å². The molecule has 0 saturated heterocycles. The Morgan fingerprint density at radius 3 is 2.26 bits per heavy atom. The Bertz CT molecular complexity index is 954. The van der Waals surface area contributed by atoms with E-state index in [2.05, 4.69) is 10.6 Å². The van der Waals surface area contributed by atoms with Crippen LogP contribution in [-0.2, 0) is 11.3 Å². The molecule has 0 aliphatic rings. The first kappa shape index (κ1) is 18.6. The maximum Gasteiger partial charge on any atom is 0.290 e. The fourth-order valence-corrected chi connectivity index (χ4v) is 2.62. The molecular weight excluding hydrogens is 362 g/mol. The molecule has 0 aliphatic heterocycles. The van der Waals surface area contributed by atoms with Crippen LogP contribution in [0, 0.1) is 6.92 Å².